The highest BCUT2D eigenvalue weighted by molar-refractivity contribution is 7.86. The monoisotopic (exact) mass is 311 g/mol. The highest BCUT2D eigenvalue weighted by Gasteiger charge is 2.17. The van der Waals surface area contributed by atoms with Crippen LogP contribution in [0, 0.1) is 15.9 Å². The molecule has 0 bridgehead atoms. The van der Waals surface area contributed by atoms with Crippen LogP contribution < -0.4 is 4.18 Å². The van der Waals surface area contributed by atoms with E-state index in [0.717, 1.165) is 30.3 Å². The molecule has 0 aliphatic heterocycles. The minimum absolute atomic E-state index is 0.0144. The van der Waals surface area contributed by atoms with Gasteiger partial charge in [-0.15, -0.1) is 0 Å². The molecule has 0 saturated carbocycles. The van der Waals surface area contributed by atoms with Crippen molar-refractivity contribution in [3.63, 3.8) is 0 Å². The molecule has 0 fully saturated rings. The Hall–Kier alpha value is -2.48. The van der Waals surface area contributed by atoms with Crippen LogP contribution in [-0.4, -0.2) is 13.3 Å². The van der Waals surface area contributed by atoms with Crippen molar-refractivity contribution in [2.45, 2.75) is 5.75 Å². The Labute approximate surface area is 120 Å². The highest BCUT2D eigenvalue weighted by Crippen LogP contribution is 2.20. The van der Waals surface area contributed by atoms with Crippen LogP contribution in [0.2, 0.25) is 0 Å². The fourth-order valence-corrected chi connectivity index (χ4v) is 2.68. The zero-order valence-corrected chi connectivity index (χ0v) is 11.4. The summed E-state index contributed by atoms with van der Waals surface area (Å²) in [7, 11) is -4.05. The van der Waals surface area contributed by atoms with Gasteiger partial charge in [-0.2, -0.15) is 8.42 Å². The minimum atomic E-state index is -4.05. The van der Waals surface area contributed by atoms with Crippen molar-refractivity contribution in [2.75, 3.05) is 0 Å². The zero-order chi connectivity index (χ0) is 15.5. The van der Waals surface area contributed by atoms with Crippen molar-refractivity contribution in [1.82, 2.24) is 0 Å². The predicted molar refractivity (Wildman–Crippen MR) is 72.7 cm³/mol. The molecule has 0 aromatic heterocycles. The van der Waals surface area contributed by atoms with Crippen molar-refractivity contribution in [1.29, 1.82) is 0 Å². The summed E-state index contributed by atoms with van der Waals surface area (Å²) in [4.78, 5) is 9.87. The molecule has 2 rings (SSSR count). The number of nitrogens with zero attached hydrogens (tertiary/aromatic N) is 1. The Morgan fingerprint density at radius 3 is 2.29 bits per heavy atom. The molecule has 0 heterocycles. The molecular weight excluding hydrogens is 301 g/mol. The van der Waals surface area contributed by atoms with Gasteiger partial charge in [-0.05, 0) is 18.2 Å². The quantitative estimate of drug-likeness (QED) is 0.481. The number of nitro benzene ring substituents is 1. The number of hydrogen-bond acceptors (Lipinski definition) is 5. The maximum absolute atomic E-state index is 13.4. The maximum Gasteiger partial charge on any atom is 0.313 e. The van der Waals surface area contributed by atoms with Crippen LogP contribution in [0.5, 0.6) is 5.75 Å². The fourth-order valence-electron chi connectivity index (χ4n) is 1.61. The van der Waals surface area contributed by atoms with Crippen LogP contribution >= 0.6 is 0 Å². The van der Waals surface area contributed by atoms with Crippen molar-refractivity contribution < 1.29 is 21.9 Å². The third-order valence-corrected chi connectivity index (χ3v) is 3.67. The van der Waals surface area contributed by atoms with Gasteiger partial charge in [-0.3, -0.25) is 10.1 Å². The number of halogens is 1. The van der Waals surface area contributed by atoms with Gasteiger partial charge in [-0.25, -0.2) is 4.39 Å². The summed E-state index contributed by atoms with van der Waals surface area (Å²) in [5.74, 6) is -1.35. The second kappa shape index (κ2) is 5.88. The van der Waals surface area contributed by atoms with Crippen LogP contribution in [0.4, 0.5) is 10.1 Å². The topological polar surface area (TPSA) is 86.5 Å². The number of benzene rings is 2. The molecule has 0 atom stereocenters. The zero-order valence-electron chi connectivity index (χ0n) is 10.6. The minimum Gasteiger partial charge on any atom is -0.382 e. The van der Waals surface area contributed by atoms with Crippen LogP contribution in [0.3, 0.4) is 0 Å². The summed E-state index contributed by atoms with van der Waals surface area (Å²) in [6.45, 7) is 0. The molecule has 0 radical (unpaired) electrons. The summed E-state index contributed by atoms with van der Waals surface area (Å²) in [5.41, 5.74) is -0.201. The summed E-state index contributed by atoms with van der Waals surface area (Å²) in [6, 6.07) is 10.0. The summed E-state index contributed by atoms with van der Waals surface area (Å²) in [6.07, 6.45) is 0. The predicted octanol–water partition coefficient (Wildman–Crippen LogP) is 2.64. The van der Waals surface area contributed by atoms with E-state index >= 15 is 0 Å². The van der Waals surface area contributed by atoms with Crippen molar-refractivity contribution in [3.05, 3.63) is 70.0 Å². The number of nitro groups is 1. The van der Waals surface area contributed by atoms with Gasteiger partial charge in [0.25, 0.3) is 5.69 Å². The molecule has 8 heteroatoms. The van der Waals surface area contributed by atoms with E-state index in [1.807, 2.05) is 0 Å². The molecule has 2 aromatic rings. The Kier molecular flexibility index (Phi) is 4.18. The molecule has 6 nitrogen and oxygen atoms in total. The van der Waals surface area contributed by atoms with Crippen LogP contribution in [-0.2, 0) is 15.9 Å². The van der Waals surface area contributed by atoms with Gasteiger partial charge in [0.2, 0.25) is 0 Å². The van der Waals surface area contributed by atoms with Gasteiger partial charge in [0.1, 0.15) is 17.3 Å². The van der Waals surface area contributed by atoms with E-state index in [-0.39, 0.29) is 17.0 Å². The van der Waals surface area contributed by atoms with Crippen molar-refractivity contribution in [2.24, 2.45) is 0 Å². The number of rotatable bonds is 5. The van der Waals surface area contributed by atoms with E-state index in [9.17, 15) is 22.9 Å². The second-order valence-electron chi connectivity index (χ2n) is 4.13. The first-order chi connectivity index (χ1) is 9.87. The van der Waals surface area contributed by atoms with Crippen LogP contribution in [0.1, 0.15) is 5.56 Å². The smallest absolute Gasteiger partial charge is 0.313 e. The van der Waals surface area contributed by atoms with Gasteiger partial charge in [0, 0.05) is 17.7 Å². The molecular formula is C13H10FNO5S. The van der Waals surface area contributed by atoms with E-state index in [2.05, 4.69) is 0 Å². The molecule has 0 spiro atoms. The molecule has 0 aliphatic rings. The number of hydrogen-bond donors (Lipinski definition) is 0. The third-order valence-electron chi connectivity index (χ3n) is 2.56. The molecule has 0 saturated heterocycles. The Bertz CT molecular complexity index is 758. The third kappa shape index (κ3) is 3.99. The van der Waals surface area contributed by atoms with E-state index in [4.69, 9.17) is 4.18 Å². The molecule has 21 heavy (non-hydrogen) atoms. The average Bonchev–Trinajstić information content (AvgIpc) is 2.41. The first-order valence-electron chi connectivity index (χ1n) is 5.77. The lowest BCUT2D eigenvalue weighted by molar-refractivity contribution is -0.384. The summed E-state index contributed by atoms with van der Waals surface area (Å²) < 4.78 is 41.8. The van der Waals surface area contributed by atoms with Crippen molar-refractivity contribution >= 4 is 15.8 Å². The van der Waals surface area contributed by atoms with Gasteiger partial charge >= 0.3 is 10.1 Å². The average molecular weight is 311 g/mol. The lowest BCUT2D eigenvalue weighted by Crippen LogP contribution is -2.13. The van der Waals surface area contributed by atoms with Gasteiger partial charge in [0.15, 0.2) is 0 Å². The van der Waals surface area contributed by atoms with Gasteiger partial charge in [-0.1, -0.05) is 18.2 Å². The highest BCUT2D eigenvalue weighted by atomic mass is 32.2. The largest absolute Gasteiger partial charge is 0.382 e. The summed E-state index contributed by atoms with van der Waals surface area (Å²) in [5, 5.41) is 10.5. The second-order valence-corrected chi connectivity index (χ2v) is 5.70. The SMILES string of the molecule is O=[N+]([O-])c1ccc(OS(=O)(=O)Cc2ccccc2F)cc1. The summed E-state index contributed by atoms with van der Waals surface area (Å²) >= 11 is 0. The molecule has 0 unspecified atom stereocenters. The van der Waals surface area contributed by atoms with Crippen molar-refractivity contribution in [3.8, 4) is 5.75 Å². The Morgan fingerprint density at radius 1 is 1.10 bits per heavy atom. The standard InChI is InChI=1S/C13H10FNO5S/c14-13-4-2-1-3-10(13)9-21(18,19)20-12-7-5-11(6-8-12)15(16)17/h1-8H,9H2. The van der Waals surface area contributed by atoms with Gasteiger partial charge in [0.05, 0.1) is 4.92 Å². The molecule has 2 aromatic carbocycles. The maximum atomic E-state index is 13.4. The van der Waals surface area contributed by atoms with Crippen LogP contribution in [0.15, 0.2) is 48.5 Å². The molecule has 0 aliphatic carbocycles. The first-order valence-corrected chi connectivity index (χ1v) is 7.35. The fraction of sp³-hybridized carbons (Fsp3) is 0.0769. The number of non-ortho nitro benzene ring substituents is 1. The normalized spacial score (nSPS) is 11.1. The lowest BCUT2D eigenvalue weighted by Gasteiger charge is -2.07. The van der Waals surface area contributed by atoms with Gasteiger partial charge < -0.3 is 4.18 Å². The Morgan fingerprint density at radius 2 is 1.71 bits per heavy atom. The van der Waals surface area contributed by atoms with E-state index in [1.54, 1.807) is 0 Å². The Balaban J connectivity index is 2.14. The van der Waals surface area contributed by atoms with E-state index in [0.29, 0.717) is 0 Å². The van der Waals surface area contributed by atoms with E-state index < -0.39 is 26.6 Å². The van der Waals surface area contributed by atoms with E-state index in [1.165, 1.54) is 18.2 Å². The molecule has 110 valence electrons. The molecule has 0 amide bonds. The molecule has 0 N–H and O–H groups in total. The first kappa shape index (κ1) is 14.9. The van der Waals surface area contributed by atoms with Crippen LogP contribution in [0.25, 0.3) is 0 Å². The lowest BCUT2D eigenvalue weighted by atomic mass is 10.2.